The number of nitrogens with zero attached hydrogens (tertiary/aromatic N) is 1. The highest BCUT2D eigenvalue weighted by Gasteiger charge is 2.29. The van der Waals surface area contributed by atoms with E-state index in [0.717, 1.165) is 30.8 Å². The number of piperazine rings is 1. The topological polar surface area (TPSA) is 61.4 Å². The number of amides is 2. The first-order valence-corrected chi connectivity index (χ1v) is 7.64. The van der Waals surface area contributed by atoms with E-state index in [1.54, 1.807) is 4.90 Å². The van der Waals surface area contributed by atoms with Crippen molar-refractivity contribution in [2.75, 3.05) is 31.1 Å². The molecular weight excluding hydrogens is 266 g/mol. The lowest BCUT2D eigenvalue weighted by Gasteiger charge is -2.30. The largest absolute Gasteiger partial charge is 0.346 e. The van der Waals surface area contributed by atoms with E-state index in [1.807, 2.05) is 18.2 Å². The maximum atomic E-state index is 12.1. The number of anilines is 1. The lowest BCUT2D eigenvalue weighted by molar-refractivity contribution is -0.138. The number of hydrogen-bond donors (Lipinski definition) is 2. The van der Waals surface area contributed by atoms with E-state index in [1.165, 1.54) is 12.8 Å². The van der Waals surface area contributed by atoms with Crippen molar-refractivity contribution in [1.82, 2.24) is 10.6 Å². The number of hydrogen-bond acceptors (Lipinski definition) is 3. The van der Waals surface area contributed by atoms with Crippen LogP contribution in [0.25, 0.3) is 0 Å². The minimum absolute atomic E-state index is 0.449. The van der Waals surface area contributed by atoms with Gasteiger partial charge >= 0.3 is 11.8 Å². The molecule has 0 radical (unpaired) electrons. The molecule has 2 heterocycles. The summed E-state index contributed by atoms with van der Waals surface area (Å²) < 4.78 is 0. The maximum absolute atomic E-state index is 12.1. The summed E-state index contributed by atoms with van der Waals surface area (Å²) >= 11 is 0. The van der Waals surface area contributed by atoms with Crippen LogP contribution in [0.3, 0.4) is 0 Å². The number of benzene rings is 1. The van der Waals surface area contributed by atoms with Crippen LogP contribution in [0.2, 0.25) is 0 Å². The quantitative estimate of drug-likeness (QED) is 0.804. The lowest BCUT2D eigenvalue weighted by Crippen LogP contribution is -2.52. The number of piperidine rings is 1. The molecule has 1 aromatic rings. The third kappa shape index (κ3) is 3.08. The Hall–Kier alpha value is -1.88. The van der Waals surface area contributed by atoms with Gasteiger partial charge in [0.15, 0.2) is 0 Å². The number of para-hydroxylation sites is 1. The van der Waals surface area contributed by atoms with Gasteiger partial charge in [-0.1, -0.05) is 18.2 Å². The molecule has 0 spiro atoms. The summed E-state index contributed by atoms with van der Waals surface area (Å²) in [4.78, 5) is 25.3. The van der Waals surface area contributed by atoms with Gasteiger partial charge in [0.2, 0.25) is 0 Å². The van der Waals surface area contributed by atoms with Crippen LogP contribution in [0.5, 0.6) is 0 Å². The third-order valence-corrected chi connectivity index (χ3v) is 4.25. The Bertz CT molecular complexity index is 538. The van der Waals surface area contributed by atoms with Crippen molar-refractivity contribution in [1.29, 1.82) is 0 Å². The molecule has 5 nitrogen and oxygen atoms in total. The Morgan fingerprint density at radius 1 is 1.19 bits per heavy atom. The van der Waals surface area contributed by atoms with E-state index >= 15 is 0 Å². The zero-order chi connectivity index (χ0) is 14.7. The zero-order valence-corrected chi connectivity index (χ0v) is 12.1. The summed E-state index contributed by atoms with van der Waals surface area (Å²) in [7, 11) is 0. The highest BCUT2D eigenvalue weighted by atomic mass is 16.2. The second-order valence-electron chi connectivity index (χ2n) is 5.76. The molecule has 3 rings (SSSR count). The van der Waals surface area contributed by atoms with Crippen molar-refractivity contribution in [3.05, 3.63) is 29.8 Å². The number of carbonyl (C=O) groups is 2. The molecule has 1 atom stereocenters. The van der Waals surface area contributed by atoms with Gasteiger partial charge in [-0.25, -0.2) is 0 Å². The standard InChI is InChI=1S/C16H21N3O2/c20-15-16(21)19(9-8-18-15)14-6-2-1-5-13(14)10-12-4-3-7-17-11-12/h1-2,5-6,12,17H,3-4,7-11H2,(H,18,20). The summed E-state index contributed by atoms with van der Waals surface area (Å²) in [6, 6.07) is 7.95. The molecule has 1 unspecified atom stereocenters. The van der Waals surface area contributed by atoms with Crippen LogP contribution >= 0.6 is 0 Å². The van der Waals surface area contributed by atoms with E-state index in [9.17, 15) is 9.59 Å². The molecule has 2 N–H and O–H groups in total. The SMILES string of the molecule is O=C1NCCN(c2ccccc2CC2CCCNC2)C1=O. The van der Waals surface area contributed by atoms with Crippen molar-refractivity contribution >= 4 is 17.5 Å². The van der Waals surface area contributed by atoms with Gasteiger partial charge in [-0.15, -0.1) is 0 Å². The first-order valence-electron chi connectivity index (χ1n) is 7.64. The molecule has 2 aliphatic heterocycles. The molecule has 0 aliphatic carbocycles. The van der Waals surface area contributed by atoms with Crippen molar-refractivity contribution in [2.45, 2.75) is 19.3 Å². The molecule has 0 bridgehead atoms. The zero-order valence-electron chi connectivity index (χ0n) is 12.1. The number of carbonyl (C=O) groups excluding carboxylic acids is 2. The first kappa shape index (κ1) is 14.1. The second kappa shape index (κ2) is 6.26. The van der Waals surface area contributed by atoms with Crippen LogP contribution in [-0.2, 0) is 16.0 Å². The predicted octanol–water partition coefficient (Wildman–Crippen LogP) is 0.691. The van der Waals surface area contributed by atoms with Crippen LogP contribution in [0, 0.1) is 5.92 Å². The van der Waals surface area contributed by atoms with Gasteiger partial charge in [-0.3, -0.25) is 9.59 Å². The average Bonchev–Trinajstić information content (AvgIpc) is 2.52. The van der Waals surface area contributed by atoms with Crippen LogP contribution in [0.4, 0.5) is 5.69 Å². The Labute approximate surface area is 124 Å². The highest BCUT2D eigenvalue weighted by Crippen LogP contribution is 2.26. The first-order chi connectivity index (χ1) is 10.3. The summed E-state index contributed by atoms with van der Waals surface area (Å²) in [5, 5.41) is 6.02. The third-order valence-electron chi connectivity index (χ3n) is 4.25. The fraction of sp³-hybridized carbons (Fsp3) is 0.500. The molecule has 0 saturated carbocycles. The summed E-state index contributed by atoms with van der Waals surface area (Å²) in [5.41, 5.74) is 2.05. The van der Waals surface area contributed by atoms with Crippen LogP contribution in [0.1, 0.15) is 18.4 Å². The van der Waals surface area contributed by atoms with Gasteiger partial charge in [0.1, 0.15) is 0 Å². The lowest BCUT2D eigenvalue weighted by atomic mass is 9.91. The van der Waals surface area contributed by atoms with Gasteiger partial charge in [-0.2, -0.15) is 0 Å². The monoisotopic (exact) mass is 287 g/mol. The number of rotatable bonds is 3. The van der Waals surface area contributed by atoms with E-state index < -0.39 is 11.8 Å². The van der Waals surface area contributed by atoms with Crippen molar-refractivity contribution in [3.63, 3.8) is 0 Å². The van der Waals surface area contributed by atoms with Gasteiger partial charge in [0.05, 0.1) is 0 Å². The smallest absolute Gasteiger partial charge is 0.316 e. The van der Waals surface area contributed by atoms with Gasteiger partial charge in [0, 0.05) is 18.8 Å². The minimum atomic E-state index is -0.504. The molecular formula is C16H21N3O2. The van der Waals surface area contributed by atoms with Crippen LogP contribution in [0.15, 0.2) is 24.3 Å². The van der Waals surface area contributed by atoms with Gasteiger partial charge in [0.25, 0.3) is 0 Å². The molecule has 0 aromatic heterocycles. The fourth-order valence-corrected chi connectivity index (χ4v) is 3.17. The molecule has 2 amide bonds. The molecule has 2 saturated heterocycles. The van der Waals surface area contributed by atoms with Crippen LogP contribution in [-0.4, -0.2) is 38.0 Å². The predicted molar refractivity (Wildman–Crippen MR) is 81.1 cm³/mol. The summed E-state index contributed by atoms with van der Waals surface area (Å²) in [6.07, 6.45) is 3.38. The fourth-order valence-electron chi connectivity index (χ4n) is 3.17. The highest BCUT2D eigenvalue weighted by molar-refractivity contribution is 6.41. The molecule has 112 valence electrons. The van der Waals surface area contributed by atoms with Crippen molar-refractivity contribution < 1.29 is 9.59 Å². The van der Waals surface area contributed by atoms with Gasteiger partial charge in [-0.05, 0) is 49.9 Å². The Morgan fingerprint density at radius 3 is 2.86 bits per heavy atom. The van der Waals surface area contributed by atoms with E-state index in [4.69, 9.17) is 0 Å². The van der Waals surface area contributed by atoms with E-state index in [2.05, 4.69) is 16.7 Å². The number of nitrogens with one attached hydrogen (secondary N) is 2. The van der Waals surface area contributed by atoms with Crippen LogP contribution < -0.4 is 15.5 Å². The Kier molecular flexibility index (Phi) is 4.20. The molecule has 5 heteroatoms. The normalized spacial score (nSPS) is 23.0. The minimum Gasteiger partial charge on any atom is -0.346 e. The van der Waals surface area contributed by atoms with Crippen molar-refractivity contribution in [2.24, 2.45) is 5.92 Å². The van der Waals surface area contributed by atoms with Gasteiger partial charge < -0.3 is 15.5 Å². The molecule has 21 heavy (non-hydrogen) atoms. The second-order valence-corrected chi connectivity index (χ2v) is 5.76. The molecule has 1 aromatic carbocycles. The maximum Gasteiger partial charge on any atom is 0.316 e. The van der Waals surface area contributed by atoms with E-state index in [-0.39, 0.29) is 0 Å². The Balaban J connectivity index is 1.81. The summed E-state index contributed by atoms with van der Waals surface area (Å²) in [5.74, 6) is -0.348. The molecule has 2 aliphatic rings. The molecule has 2 fully saturated rings. The van der Waals surface area contributed by atoms with Crippen molar-refractivity contribution in [3.8, 4) is 0 Å². The Morgan fingerprint density at radius 2 is 2.05 bits per heavy atom. The average molecular weight is 287 g/mol. The van der Waals surface area contributed by atoms with E-state index in [0.29, 0.717) is 19.0 Å². The summed E-state index contributed by atoms with van der Waals surface area (Å²) in [6.45, 7) is 3.19.